The Morgan fingerprint density at radius 1 is 1.00 bits per heavy atom. The van der Waals surface area contributed by atoms with Crippen LogP contribution in [0.5, 0.6) is 5.75 Å². The summed E-state index contributed by atoms with van der Waals surface area (Å²) in [6.07, 6.45) is 1.59. The van der Waals surface area contributed by atoms with E-state index in [0.717, 1.165) is 42.8 Å². The number of halogens is 5. The van der Waals surface area contributed by atoms with E-state index >= 15 is 0 Å². The molecule has 0 unspecified atom stereocenters. The maximum atomic E-state index is 12.5. The number of fused-ring (bicyclic) bond motifs is 1. The fourth-order valence-electron chi connectivity index (χ4n) is 2.94. The number of carbonyl (C=O) groups is 1. The first-order valence-electron chi connectivity index (χ1n) is 9.38. The standard InChI is InChI=1S/C23H13Br3I2N2O3/c24-15-3-1-12(2-4-15)11-32-22-18(27)5-13(6-19(22)28)10-29-30-23(31)20-8-14-7-16(25)9-17(26)21(14)33-20/h1-10H,11H2,(H,30,31)/b29-10-. The molecule has 0 atom stereocenters. The number of benzene rings is 3. The first-order chi connectivity index (χ1) is 15.8. The van der Waals surface area contributed by atoms with Gasteiger partial charge in [-0.2, -0.15) is 5.10 Å². The Morgan fingerprint density at radius 2 is 1.70 bits per heavy atom. The van der Waals surface area contributed by atoms with Crippen LogP contribution in [0.15, 0.2) is 77.5 Å². The molecule has 0 saturated carbocycles. The zero-order valence-corrected chi connectivity index (χ0v) is 25.6. The lowest BCUT2D eigenvalue weighted by molar-refractivity contribution is 0.0929. The molecule has 0 spiro atoms. The van der Waals surface area contributed by atoms with Crippen molar-refractivity contribution >= 4 is 116 Å². The van der Waals surface area contributed by atoms with E-state index in [1.807, 2.05) is 48.5 Å². The van der Waals surface area contributed by atoms with Gasteiger partial charge < -0.3 is 9.15 Å². The van der Waals surface area contributed by atoms with E-state index in [0.29, 0.717) is 12.2 Å². The molecule has 1 amide bonds. The number of hydrazone groups is 1. The molecule has 4 aromatic rings. The first-order valence-corrected chi connectivity index (χ1v) is 13.9. The van der Waals surface area contributed by atoms with Crippen LogP contribution in [-0.4, -0.2) is 12.1 Å². The zero-order chi connectivity index (χ0) is 23.5. The number of rotatable bonds is 6. The quantitative estimate of drug-likeness (QED) is 0.121. The molecular weight excluding hydrogens is 846 g/mol. The first kappa shape index (κ1) is 25.1. The number of furan rings is 1. The summed E-state index contributed by atoms with van der Waals surface area (Å²) in [5.41, 5.74) is 5.05. The highest BCUT2D eigenvalue weighted by Gasteiger charge is 2.14. The predicted octanol–water partition coefficient (Wildman–Crippen LogP) is 8.27. The maximum Gasteiger partial charge on any atom is 0.307 e. The van der Waals surface area contributed by atoms with Crippen molar-refractivity contribution in [3.63, 3.8) is 0 Å². The molecular formula is C23H13Br3I2N2O3. The topological polar surface area (TPSA) is 63.8 Å². The number of hydrogen-bond donors (Lipinski definition) is 1. The Morgan fingerprint density at radius 3 is 2.39 bits per heavy atom. The van der Waals surface area contributed by atoms with Crippen LogP contribution in [0.2, 0.25) is 0 Å². The van der Waals surface area contributed by atoms with Crippen molar-refractivity contribution < 1.29 is 13.9 Å². The largest absolute Gasteiger partial charge is 0.487 e. The molecule has 4 rings (SSSR count). The van der Waals surface area contributed by atoms with Gasteiger partial charge in [0.05, 0.1) is 17.8 Å². The van der Waals surface area contributed by atoms with Gasteiger partial charge in [-0.1, -0.05) is 44.0 Å². The molecule has 33 heavy (non-hydrogen) atoms. The van der Waals surface area contributed by atoms with E-state index < -0.39 is 5.91 Å². The summed E-state index contributed by atoms with van der Waals surface area (Å²) in [5, 5.41) is 4.90. The molecule has 0 aliphatic heterocycles. The highest BCUT2D eigenvalue weighted by Crippen LogP contribution is 2.31. The van der Waals surface area contributed by atoms with Crippen LogP contribution in [0.25, 0.3) is 11.0 Å². The minimum absolute atomic E-state index is 0.182. The zero-order valence-electron chi connectivity index (χ0n) is 16.5. The van der Waals surface area contributed by atoms with Crippen LogP contribution in [0.4, 0.5) is 0 Å². The van der Waals surface area contributed by atoms with E-state index in [2.05, 4.69) is 103 Å². The lowest BCUT2D eigenvalue weighted by Gasteiger charge is -2.11. The Labute approximate surface area is 242 Å². The van der Waals surface area contributed by atoms with Gasteiger partial charge >= 0.3 is 5.91 Å². The molecule has 10 heteroatoms. The minimum atomic E-state index is -0.427. The summed E-state index contributed by atoms with van der Waals surface area (Å²) in [6.45, 7) is 0.479. The third kappa shape index (κ3) is 6.38. The van der Waals surface area contributed by atoms with Gasteiger partial charge in [-0.05, 0) is 115 Å². The molecule has 0 aliphatic carbocycles. The Bertz CT molecular complexity index is 1350. The van der Waals surface area contributed by atoms with E-state index in [1.54, 1.807) is 12.3 Å². The van der Waals surface area contributed by atoms with Crippen LogP contribution in [0, 0.1) is 7.14 Å². The van der Waals surface area contributed by atoms with E-state index in [1.165, 1.54) is 0 Å². The van der Waals surface area contributed by atoms with Crippen LogP contribution >= 0.6 is 93.0 Å². The normalized spacial score (nSPS) is 11.3. The van der Waals surface area contributed by atoms with Crippen molar-refractivity contribution in [1.82, 2.24) is 5.43 Å². The van der Waals surface area contributed by atoms with E-state index in [-0.39, 0.29) is 5.76 Å². The second-order valence-electron chi connectivity index (χ2n) is 6.84. The summed E-state index contributed by atoms with van der Waals surface area (Å²) in [4.78, 5) is 12.5. The molecule has 0 bridgehead atoms. The van der Waals surface area contributed by atoms with E-state index in [9.17, 15) is 4.79 Å². The van der Waals surface area contributed by atoms with Gasteiger partial charge in [0.15, 0.2) is 5.76 Å². The van der Waals surface area contributed by atoms with Gasteiger partial charge in [-0.15, -0.1) is 0 Å². The van der Waals surface area contributed by atoms with Crippen molar-refractivity contribution in [2.45, 2.75) is 6.61 Å². The summed E-state index contributed by atoms with van der Waals surface area (Å²) < 4.78 is 16.3. The minimum Gasteiger partial charge on any atom is -0.487 e. The molecule has 0 radical (unpaired) electrons. The molecule has 1 aromatic heterocycles. The number of amides is 1. The molecule has 5 nitrogen and oxygen atoms in total. The van der Waals surface area contributed by atoms with Crippen molar-refractivity contribution in [2.75, 3.05) is 0 Å². The third-order valence-electron chi connectivity index (χ3n) is 4.46. The van der Waals surface area contributed by atoms with Crippen LogP contribution in [0.1, 0.15) is 21.7 Å². The maximum absolute atomic E-state index is 12.5. The number of hydrogen-bond acceptors (Lipinski definition) is 4. The SMILES string of the molecule is O=C(N/N=C\c1cc(I)c(OCc2ccc(Br)cc2)c(I)c1)c1cc2cc(Br)cc(Br)c2o1. The van der Waals surface area contributed by atoms with Crippen molar-refractivity contribution in [3.8, 4) is 5.75 Å². The van der Waals surface area contributed by atoms with Crippen LogP contribution < -0.4 is 10.2 Å². The fourth-order valence-corrected chi connectivity index (χ4v) is 6.67. The fraction of sp³-hybridized carbons (Fsp3) is 0.0435. The number of nitrogens with one attached hydrogen (secondary N) is 1. The summed E-state index contributed by atoms with van der Waals surface area (Å²) in [7, 11) is 0. The molecule has 0 fully saturated rings. The molecule has 0 aliphatic rings. The van der Waals surface area contributed by atoms with Crippen molar-refractivity contribution in [3.05, 3.63) is 92.0 Å². The monoisotopic (exact) mass is 856 g/mol. The van der Waals surface area contributed by atoms with Crippen molar-refractivity contribution in [1.29, 1.82) is 0 Å². The average molecular weight is 859 g/mol. The predicted molar refractivity (Wildman–Crippen MR) is 157 cm³/mol. The van der Waals surface area contributed by atoms with Gasteiger partial charge in [0, 0.05) is 14.3 Å². The molecule has 168 valence electrons. The summed E-state index contributed by atoms with van der Waals surface area (Å²) in [5.74, 6) is 0.574. The molecule has 0 saturated heterocycles. The van der Waals surface area contributed by atoms with Crippen LogP contribution in [0.3, 0.4) is 0 Å². The number of ether oxygens (including phenoxy) is 1. The van der Waals surface area contributed by atoms with Gasteiger partial charge in [-0.25, -0.2) is 5.43 Å². The summed E-state index contributed by atoms with van der Waals surface area (Å²) >= 11 is 14.8. The second-order valence-corrected chi connectivity index (χ2v) is 11.9. The molecule has 3 aromatic carbocycles. The third-order valence-corrected chi connectivity index (χ3v) is 7.63. The van der Waals surface area contributed by atoms with Gasteiger partial charge in [0.2, 0.25) is 0 Å². The number of nitrogens with zero attached hydrogens (tertiary/aromatic N) is 1. The number of carbonyl (C=O) groups excluding carboxylic acids is 1. The highest BCUT2D eigenvalue weighted by atomic mass is 127. The lowest BCUT2D eigenvalue weighted by Crippen LogP contribution is -2.16. The Balaban J connectivity index is 1.42. The second kappa shape index (κ2) is 11.2. The van der Waals surface area contributed by atoms with Gasteiger partial charge in [-0.3, -0.25) is 4.79 Å². The Kier molecular flexibility index (Phi) is 8.52. The van der Waals surface area contributed by atoms with E-state index in [4.69, 9.17) is 9.15 Å². The lowest BCUT2D eigenvalue weighted by atomic mass is 10.2. The average Bonchev–Trinajstić information content (AvgIpc) is 3.19. The highest BCUT2D eigenvalue weighted by molar-refractivity contribution is 14.1. The Hall–Kier alpha value is -0.960. The van der Waals surface area contributed by atoms with Gasteiger partial charge in [0.1, 0.15) is 17.9 Å². The smallest absolute Gasteiger partial charge is 0.307 e. The van der Waals surface area contributed by atoms with Crippen molar-refractivity contribution in [2.24, 2.45) is 5.10 Å². The molecule has 1 N–H and O–H groups in total. The van der Waals surface area contributed by atoms with Gasteiger partial charge in [0.25, 0.3) is 0 Å². The summed E-state index contributed by atoms with van der Waals surface area (Å²) in [6, 6.07) is 17.3. The van der Waals surface area contributed by atoms with Crippen LogP contribution in [-0.2, 0) is 6.61 Å². The molecule has 1 heterocycles.